The molecule has 4 atom stereocenters. The Morgan fingerprint density at radius 1 is 1.29 bits per heavy atom. The number of ether oxygens (including phenoxy) is 4. The van der Waals surface area contributed by atoms with Crippen molar-refractivity contribution < 1.29 is 18.9 Å². The topological polar surface area (TPSA) is 36.9 Å². The second-order valence-corrected chi connectivity index (χ2v) is 5.86. The van der Waals surface area contributed by atoms with Gasteiger partial charge in [0.05, 0.1) is 38.6 Å². The van der Waals surface area contributed by atoms with Gasteiger partial charge in [-0.2, -0.15) is 0 Å². The highest BCUT2D eigenvalue weighted by Gasteiger charge is 2.41. The Balaban J connectivity index is 1.62. The van der Waals surface area contributed by atoms with E-state index in [-0.39, 0.29) is 12.2 Å². The minimum Gasteiger partial charge on any atom is -0.382 e. The minimum absolute atomic E-state index is 0.174. The molecule has 0 aromatic heterocycles. The quantitative estimate of drug-likeness (QED) is 0.529. The van der Waals surface area contributed by atoms with Gasteiger partial charge in [0.2, 0.25) is 0 Å². The van der Waals surface area contributed by atoms with E-state index in [1.807, 2.05) is 0 Å². The maximum absolute atomic E-state index is 5.90. The molecule has 1 aliphatic heterocycles. The zero-order valence-electron chi connectivity index (χ0n) is 10.3. The molecule has 17 heavy (non-hydrogen) atoms. The fourth-order valence-corrected chi connectivity index (χ4v) is 3.01. The third-order valence-corrected chi connectivity index (χ3v) is 4.24. The van der Waals surface area contributed by atoms with E-state index in [9.17, 15) is 0 Å². The highest BCUT2D eigenvalue weighted by Crippen LogP contribution is 2.33. The maximum Gasteiger partial charge on any atom is 0.0963 e. The molecule has 1 saturated heterocycles. The first-order valence-corrected chi connectivity index (χ1v) is 7.16. The fraction of sp³-hybridized carbons (Fsp3) is 1.00. The Morgan fingerprint density at radius 2 is 2.18 bits per heavy atom. The van der Waals surface area contributed by atoms with Gasteiger partial charge in [-0.3, -0.25) is 0 Å². The SMILES string of the molecule is COCCOC1C(Br)CC1OCC1CCOC1. The van der Waals surface area contributed by atoms with Crippen molar-refractivity contribution in [3.05, 3.63) is 0 Å². The van der Waals surface area contributed by atoms with Crippen LogP contribution < -0.4 is 0 Å². The zero-order valence-corrected chi connectivity index (χ0v) is 11.9. The summed E-state index contributed by atoms with van der Waals surface area (Å²) in [6.07, 6.45) is 2.56. The van der Waals surface area contributed by atoms with Gasteiger partial charge in [0.15, 0.2) is 0 Å². The molecule has 4 unspecified atom stereocenters. The van der Waals surface area contributed by atoms with Crippen LogP contribution in [-0.2, 0) is 18.9 Å². The van der Waals surface area contributed by atoms with Crippen molar-refractivity contribution in [1.29, 1.82) is 0 Å². The van der Waals surface area contributed by atoms with Crippen molar-refractivity contribution in [3.8, 4) is 0 Å². The molecule has 0 N–H and O–H groups in total. The molecule has 4 nitrogen and oxygen atoms in total. The Bertz CT molecular complexity index is 221. The Kier molecular flexibility index (Phi) is 5.69. The highest BCUT2D eigenvalue weighted by atomic mass is 79.9. The molecule has 0 aromatic carbocycles. The fourth-order valence-electron chi connectivity index (χ4n) is 2.14. The van der Waals surface area contributed by atoms with Crippen LogP contribution in [-0.4, -0.2) is 57.2 Å². The van der Waals surface area contributed by atoms with Crippen LogP contribution in [0.5, 0.6) is 0 Å². The average molecular weight is 309 g/mol. The Labute approximate surface area is 111 Å². The molecular weight excluding hydrogens is 288 g/mol. The molecule has 1 saturated carbocycles. The van der Waals surface area contributed by atoms with Crippen LogP contribution in [0.1, 0.15) is 12.8 Å². The molecular formula is C12H21BrO4. The van der Waals surface area contributed by atoms with Crippen LogP contribution in [0.25, 0.3) is 0 Å². The first kappa shape index (κ1) is 13.7. The van der Waals surface area contributed by atoms with E-state index in [2.05, 4.69) is 15.9 Å². The minimum atomic E-state index is 0.174. The van der Waals surface area contributed by atoms with Crippen LogP contribution in [0.3, 0.4) is 0 Å². The van der Waals surface area contributed by atoms with Crippen molar-refractivity contribution in [2.75, 3.05) is 40.1 Å². The summed E-state index contributed by atoms with van der Waals surface area (Å²) in [7, 11) is 1.68. The van der Waals surface area contributed by atoms with Crippen LogP contribution in [0.15, 0.2) is 0 Å². The van der Waals surface area contributed by atoms with Crippen molar-refractivity contribution in [3.63, 3.8) is 0 Å². The smallest absolute Gasteiger partial charge is 0.0963 e. The molecule has 0 aromatic rings. The number of alkyl halides is 1. The van der Waals surface area contributed by atoms with Gasteiger partial charge in [-0.1, -0.05) is 15.9 Å². The number of hydrogen-bond donors (Lipinski definition) is 0. The van der Waals surface area contributed by atoms with Crippen LogP contribution in [0.4, 0.5) is 0 Å². The molecule has 1 heterocycles. The predicted molar refractivity (Wildman–Crippen MR) is 67.6 cm³/mol. The van der Waals surface area contributed by atoms with E-state index in [1.165, 1.54) is 0 Å². The number of rotatable bonds is 7. The number of hydrogen-bond acceptors (Lipinski definition) is 4. The summed E-state index contributed by atoms with van der Waals surface area (Å²) in [6, 6.07) is 0. The molecule has 5 heteroatoms. The zero-order chi connectivity index (χ0) is 12.1. The second kappa shape index (κ2) is 7.04. The Morgan fingerprint density at radius 3 is 2.82 bits per heavy atom. The first-order chi connectivity index (χ1) is 8.31. The van der Waals surface area contributed by atoms with E-state index >= 15 is 0 Å². The van der Waals surface area contributed by atoms with Crippen molar-refractivity contribution >= 4 is 15.9 Å². The number of methoxy groups -OCH3 is 1. The third-order valence-electron chi connectivity index (χ3n) is 3.35. The molecule has 0 spiro atoms. The molecule has 0 radical (unpaired) electrons. The summed E-state index contributed by atoms with van der Waals surface area (Å²) >= 11 is 3.60. The number of halogens is 1. The van der Waals surface area contributed by atoms with Gasteiger partial charge in [0.1, 0.15) is 0 Å². The van der Waals surface area contributed by atoms with Gasteiger partial charge in [0, 0.05) is 24.5 Å². The molecule has 0 bridgehead atoms. The van der Waals surface area contributed by atoms with Gasteiger partial charge in [-0.05, 0) is 12.8 Å². The first-order valence-electron chi connectivity index (χ1n) is 6.25. The highest BCUT2D eigenvalue weighted by molar-refractivity contribution is 9.09. The molecule has 100 valence electrons. The molecule has 2 rings (SSSR count). The summed E-state index contributed by atoms with van der Waals surface area (Å²) in [5.41, 5.74) is 0. The normalized spacial score (nSPS) is 37.1. The molecule has 2 aliphatic rings. The maximum atomic E-state index is 5.90. The lowest BCUT2D eigenvalue weighted by molar-refractivity contribution is -0.132. The van der Waals surface area contributed by atoms with Crippen molar-refractivity contribution in [2.24, 2.45) is 5.92 Å². The lowest BCUT2D eigenvalue weighted by atomic mass is 9.91. The molecule has 0 amide bonds. The van der Waals surface area contributed by atoms with Crippen LogP contribution in [0, 0.1) is 5.92 Å². The summed E-state index contributed by atoms with van der Waals surface area (Å²) in [5, 5.41) is 0. The summed E-state index contributed by atoms with van der Waals surface area (Å²) < 4.78 is 21.9. The van der Waals surface area contributed by atoms with Crippen molar-refractivity contribution in [2.45, 2.75) is 29.9 Å². The van der Waals surface area contributed by atoms with E-state index < -0.39 is 0 Å². The lowest BCUT2D eigenvalue weighted by Crippen LogP contribution is -2.51. The van der Waals surface area contributed by atoms with E-state index in [0.717, 1.165) is 32.7 Å². The van der Waals surface area contributed by atoms with Gasteiger partial charge >= 0.3 is 0 Å². The standard InChI is InChI=1S/C12H21BrO4/c1-14-4-5-16-12-10(13)6-11(12)17-8-9-2-3-15-7-9/h9-12H,2-8H2,1H3. The van der Waals surface area contributed by atoms with Crippen LogP contribution >= 0.6 is 15.9 Å². The summed E-state index contributed by atoms with van der Waals surface area (Å²) in [6.45, 7) is 3.80. The lowest BCUT2D eigenvalue weighted by Gasteiger charge is -2.41. The van der Waals surface area contributed by atoms with Gasteiger partial charge in [0.25, 0.3) is 0 Å². The monoisotopic (exact) mass is 308 g/mol. The summed E-state index contributed by atoms with van der Waals surface area (Å²) in [4.78, 5) is 0.421. The van der Waals surface area contributed by atoms with Crippen LogP contribution in [0.2, 0.25) is 0 Å². The Hall–Kier alpha value is 0.320. The van der Waals surface area contributed by atoms with Gasteiger partial charge in [-0.15, -0.1) is 0 Å². The average Bonchev–Trinajstić information content (AvgIpc) is 2.83. The van der Waals surface area contributed by atoms with E-state index in [1.54, 1.807) is 7.11 Å². The molecule has 1 aliphatic carbocycles. The predicted octanol–water partition coefficient (Wildman–Crippen LogP) is 1.61. The summed E-state index contributed by atoms with van der Waals surface area (Å²) in [5.74, 6) is 0.573. The largest absolute Gasteiger partial charge is 0.382 e. The van der Waals surface area contributed by atoms with Gasteiger partial charge < -0.3 is 18.9 Å². The van der Waals surface area contributed by atoms with E-state index in [0.29, 0.717) is 24.0 Å². The second-order valence-electron chi connectivity index (χ2n) is 4.68. The third kappa shape index (κ3) is 3.89. The van der Waals surface area contributed by atoms with Crippen molar-refractivity contribution in [1.82, 2.24) is 0 Å². The van der Waals surface area contributed by atoms with E-state index in [4.69, 9.17) is 18.9 Å². The van der Waals surface area contributed by atoms with Gasteiger partial charge in [-0.25, -0.2) is 0 Å². The molecule has 2 fully saturated rings.